The number of rotatable bonds is 11. The first-order chi connectivity index (χ1) is 14.1. The second-order valence-electron chi connectivity index (χ2n) is 7.47. The molecule has 9 heteroatoms. The molecule has 0 atom stereocenters. The molecule has 0 aromatic heterocycles. The van der Waals surface area contributed by atoms with Crippen LogP contribution in [-0.2, 0) is 20.7 Å². The lowest BCUT2D eigenvalue weighted by Crippen LogP contribution is -2.42. The van der Waals surface area contributed by atoms with E-state index in [9.17, 15) is 14.4 Å². The van der Waals surface area contributed by atoms with Crippen LogP contribution in [0.4, 0.5) is 4.79 Å². The Morgan fingerprint density at radius 1 is 0.967 bits per heavy atom. The van der Waals surface area contributed by atoms with Crippen molar-refractivity contribution >= 4 is 17.9 Å². The van der Waals surface area contributed by atoms with Crippen LogP contribution >= 0.6 is 0 Å². The van der Waals surface area contributed by atoms with Gasteiger partial charge in [0.1, 0.15) is 5.60 Å². The molecule has 1 aromatic rings. The molecule has 0 spiro atoms. The fraction of sp³-hybridized carbons (Fsp3) is 0.571. The molecule has 0 aliphatic carbocycles. The van der Waals surface area contributed by atoms with Gasteiger partial charge in [-0.2, -0.15) is 0 Å². The summed E-state index contributed by atoms with van der Waals surface area (Å²) >= 11 is 0. The van der Waals surface area contributed by atoms with Crippen LogP contribution in [0.2, 0.25) is 0 Å². The van der Waals surface area contributed by atoms with Crippen molar-refractivity contribution in [1.82, 2.24) is 16.0 Å². The van der Waals surface area contributed by atoms with E-state index in [0.717, 1.165) is 5.56 Å². The van der Waals surface area contributed by atoms with Crippen molar-refractivity contribution in [2.24, 2.45) is 0 Å². The number of alkyl carbamates (subject to hydrolysis) is 1. The first-order valence-electron chi connectivity index (χ1n) is 9.94. The highest BCUT2D eigenvalue weighted by Gasteiger charge is 2.16. The normalized spacial score (nSPS) is 10.7. The van der Waals surface area contributed by atoms with Gasteiger partial charge in [0.15, 0.2) is 11.5 Å². The quantitative estimate of drug-likeness (QED) is 0.468. The molecular weight excluding hydrogens is 390 g/mol. The van der Waals surface area contributed by atoms with Gasteiger partial charge < -0.3 is 30.2 Å². The first kappa shape index (κ1) is 25.1. The molecule has 9 nitrogen and oxygen atoms in total. The van der Waals surface area contributed by atoms with E-state index in [1.807, 2.05) is 25.1 Å². The minimum absolute atomic E-state index is 0.121. The molecule has 0 aliphatic heterocycles. The summed E-state index contributed by atoms with van der Waals surface area (Å²) in [5.74, 6) is 0.822. The van der Waals surface area contributed by atoms with Crippen molar-refractivity contribution in [3.63, 3.8) is 0 Å². The molecule has 3 N–H and O–H groups in total. The van der Waals surface area contributed by atoms with Crippen LogP contribution in [-0.4, -0.2) is 56.9 Å². The van der Waals surface area contributed by atoms with Gasteiger partial charge in [0.05, 0.1) is 20.3 Å². The predicted octanol–water partition coefficient (Wildman–Crippen LogP) is 1.78. The number of ether oxygens (including phenoxy) is 3. The van der Waals surface area contributed by atoms with E-state index >= 15 is 0 Å². The number of carbonyl (C=O) groups excluding carboxylic acids is 3. The zero-order valence-electron chi connectivity index (χ0n) is 18.4. The number of hydrogen-bond acceptors (Lipinski definition) is 6. The van der Waals surface area contributed by atoms with E-state index in [2.05, 4.69) is 16.0 Å². The summed E-state index contributed by atoms with van der Waals surface area (Å²) in [5.41, 5.74) is 0.341. The van der Waals surface area contributed by atoms with Crippen molar-refractivity contribution in [1.29, 1.82) is 0 Å². The second-order valence-corrected chi connectivity index (χ2v) is 7.47. The van der Waals surface area contributed by atoms with Crippen LogP contribution in [0.25, 0.3) is 0 Å². The lowest BCUT2D eigenvalue weighted by Gasteiger charge is -2.19. The van der Waals surface area contributed by atoms with Gasteiger partial charge in [0, 0.05) is 19.5 Å². The SMILES string of the molecule is CCOc1ccc(CCC(=O)NCCNC(=O)CNC(=O)OC(C)(C)C)cc1OC. The number of amides is 3. The van der Waals surface area contributed by atoms with E-state index in [-0.39, 0.29) is 24.9 Å². The average molecular weight is 424 g/mol. The highest BCUT2D eigenvalue weighted by Crippen LogP contribution is 2.28. The molecule has 0 saturated heterocycles. The van der Waals surface area contributed by atoms with Crippen molar-refractivity contribution in [2.75, 3.05) is 33.4 Å². The maximum Gasteiger partial charge on any atom is 0.408 e. The third-order valence-corrected chi connectivity index (χ3v) is 3.73. The molecule has 168 valence electrons. The van der Waals surface area contributed by atoms with E-state index in [1.54, 1.807) is 27.9 Å². The summed E-state index contributed by atoms with van der Waals surface area (Å²) in [6.45, 7) is 8.03. The zero-order valence-corrected chi connectivity index (χ0v) is 18.4. The predicted molar refractivity (Wildman–Crippen MR) is 113 cm³/mol. The summed E-state index contributed by atoms with van der Waals surface area (Å²) in [7, 11) is 1.58. The van der Waals surface area contributed by atoms with Gasteiger partial charge in [-0.05, 0) is 51.8 Å². The second kappa shape index (κ2) is 12.6. The Kier molecular flexibility index (Phi) is 10.5. The molecule has 0 bridgehead atoms. The Bertz CT molecular complexity index is 715. The highest BCUT2D eigenvalue weighted by molar-refractivity contribution is 5.82. The summed E-state index contributed by atoms with van der Waals surface area (Å²) < 4.78 is 15.8. The molecule has 0 heterocycles. The Morgan fingerprint density at radius 2 is 1.63 bits per heavy atom. The maximum atomic E-state index is 12.0. The number of aryl methyl sites for hydroxylation is 1. The van der Waals surface area contributed by atoms with Gasteiger partial charge in [-0.25, -0.2) is 4.79 Å². The lowest BCUT2D eigenvalue weighted by molar-refractivity contribution is -0.122. The van der Waals surface area contributed by atoms with Gasteiger partial charge in [-0.1, -0.05) is 6.07 Å². The molecule has 0 aliphatic rings. The van der Waals surface area contributed by atoms with E-state index in [1.165, 1.54) is 0 Å². The van der Waals surface area contributed by atoms with Crippen molar-refractivity contribution in [3.05, 3.63) is 23.8 Å². The molecule has 1 rings (SSSR count). The van der Waals surface area contributed by atoms with Gasteiger partial charge in [0.25, 0.3) is 0 Å². The lowest BCUT2D eigenvalue weighted by atomic mass is 10.1. The largest absolute Gasteiger partial charge is 0.493 e. The van der Waals surface area contributed by atoms with Gasteiger partial charge >= 0.3 is 6.09 Å². The Labute approximate surface area is 177 Å². The van der Waals surface area contributed by atoms with Crippen molar-refractivity contribution in [3.8, 4) is 11.5 Å². The van der Waals surface area contributed by atoms with Gasteiger partial charge in [0.2, 0.25) is 11.8 Å². The third-order valence-electron chi connectivity index (χ3n) is 3.73. The fourth-order valence-electron chi connectivity index (χ4n) is 2.42. The van der Waals surface area contributed by atoms with Crippen LogP contribution in [0, 0.1) is 0 Å². The first-order valence-corrected chi connectivity index (χ1v) is 9.94. The van der Waals surface area contributed by atoms with E-state index in [4.69, 9.17) is 14.2 Å². The van der Waals surface area contributed by atoms with Crippen LogP contribution in [0.5, 0.6) is 11.5 Å². The van der Waals surface area contributed by atoms with E-state index < -0.39 is 11.7 Å². The molecule has 30 heavy (non-hydrogen) atoms. The standard InChI is InChI=1S/C21H33N3O6/c1-6-29-16-9-7-15(13-17(16)28-5)8-10-18(25)22-11-12-23-19(26)14-24-20(27)30-21(2,3)4/h7,9,13H,6,8,10-12,14H2,1-5H3,(H,22,25)(H,23,26)(H,24,27). The van der Waals surface area contributed by atoms with Crippen LogP contribution in [0.1, 0.15) is 39.7 Å². The topological polar surface area (TPSA) is 115 Å². The van der Waals surface area contributed by atoms with E-state index in [0.29, 0.717) is 37.5 Å². The monoisotopic (exact) mass is 423 g/mol. The maximum absolute atomic E-state index is 12.0. The molecule has 0 saturated carbocycles. The summed E-state index contributed by atoms with van der Waals surface area (Å²) in [4.78, 5) is 35.1. The number of benzene rings is 1. The van der Waals surface area contributed by atoms with Crippen LogP contribution in [0.15, 0.2) is 18.2 Å². The van der Waals surface area contributed by atoms with Gasteiger partial charge in [-0.3, -0.25) is 9.59 Å². The molecule has 0 fully saturated rings. The molecule has 0 radical (unpaired) electrons. The molecule has 0 unspecified atom stereocenters. The average Bonchev–Trinajstić information content (AvgIpc) is 2.67. The van der Waals surface area contributed by atoms with Gasteiger partial charge in [-0.15, -0.1) is 0 Å². The summed E-state index contributed by atoms with van der Waals surface area (Å²) in [6, 6.07) is 5.59. The fourth-order valence-corrected chi connectivity index (χ4v) is 2.42. The molecule has 3 amide bonds. The smallest absolute Gasteiger partial charge is 0.408 e. The number of nitrogens with one attached hydrogen (secondary N) is 3. The number of hydrogen-bond donors (Lipinski definition) is 3. The molecule has 1 aromatic carbocycles. The third kappa shape index (κ3) is 10.5. The molecular formula is C21H33N3O6. The summed E-state index contributed by atoms with van der Waals surface area (Å²) in [6.07, 6.45) is 0.211. The summed E-state index contributed by atoms with van der Waals surface area (Å²) in [5, 5.41) is 7.72. The minimum atomic E-state index is -0.656. The highest BCUT2D eigenvalue weighted by atomic mass is 16.6. The van der Waals surface area contributed by atoms with Crippen LogP contribution < -0.4 is 25.4 Å². The zero-order chi connectivity index (χ0) is 22.6. The Hall–Kier alpha value is -2.97. The van der Waals surface area contributed by atoms with Crippen molar-refractivity contribution in [2.45, 2.75) is 46.1 Å². The van der Waals surface area contributed by atoms with Crippen LogP contribution in [0.3, 0.4) is 0 Å². The number of carbonyl (C=O) groups is 3. The minimum Gasteiger partial charge on any atom is -0.493 e. The Morgan fingerprint density at radius 3 is 2.23 bits per heavy atom. The Balaban J connectivity index is 2.23. The van der Waals surface area contributed by atoms with Crippen molar-refractivity contribution < 1.29 is 28.6 Å². The number of methoxy groups -OCH3 is 1.